The average molecular weight is 492 g/mol. The molecule has 9 heteroatoms. The molecule has 0 aliphatic carbocycles. The lowest BCUT2D eigenvalue weighted by Gasteiger charge is -2.11. The predicted molar refractivity (Wildman–Crippen MR) is 135 cm³/mol. The normalized spacial score (nSPS) is 13.1. The quantitative estimate of drug-likeness (QED) is 0.364. The van der Waals surface area contributed by atoms with Crippen molar-refractivity contribution < 1.29 is 9.59 Å². The van der Waals surface area contributed by atoms with Gasteiger partial charge in [0.05, 0.1) is 15.6 Å². The number of fused-ring (bicyclic) bond motifs is 1. The van der Waals surface area contributed by atoms with Gasteiger partial charge in [-0.3, -0.25) is 9.59 Å². The van der Waals surface area contributed by atoms with Crippen molar-refractivity contribution in [2.45, 2.75) is 32.2 Å². The van der Waals surface area contributed by atoms with Gasteiger partial charge in [-0.1, -0.05) is 24.1 Å². The molecule has 1 aliphatic rings. The summed E-state index contributed by atoms with van der Waals surface area (Å²) in [6.45, 7) is 0.929. The summed E-state index contributed by atoms with van der Waals surface area (Å²) in [7, 11) is 0. The molecule has 34 heavy (non-hydrogen) atoms. The maximum absolute atomic E-state index is 12.8. The molecule has 2 aromatic heterocycles. The van der Waals surface area contributed by atoms with Crippen LogP contribution < -0.4 is 10.6 Å². The van der Waals surface area contributed by atoms with Gasteiger partial charge in [0, 0.05) is 29.8 Å². The first kappa shape index (κ1) is 22.3. The number of nitrogens with one attached hydrogen (secondary N) is 2. The number of hydrogen-bond donors (Lipinski definition) is 2. The van der Waals surface area contributed by atoms with Crippen molar-refractivity contribution in [2.75, 3.05) is 10.6 Å². The molecule has 0 radical (unpaired) electrons. The highest BCUT2D eigenvalue weighted by molar-refractivity contribution is 7.12. The third-order valence-electron chi connectivity index (χ3n) is 5.73. The molecule has 4 aromatic rings. The SMILES string of the molecule is O=C(Nc1ccc(-c2nnc3n2CCCCC3)cc1)c1ccc(Cl)c(NC(=O)c2cccs2)c1. The highest BCUT2D eigenvalue weighted by Crippen LogP contribution is 2.26. The minimum absolute atomic E-state index is 0.267. The number of carbonyl (C=O) groups is 2. The van der Waals surface area contributed by atoms with Gasteiger partial charge in [-0.25, -0.2) is 0 Å². The molecule has 2 aromatic carbocycles. The van der Waals surface area contributed by atoms with Crippen molar-refractivity contribution in [1.29, 1.82) is 0 Å². The van der Waals surface area contributed by atoms with Crippen LogP contribution in [0.25, 0.3) is 11.4 Å². The summed E-state index contributed by atoms with van der Waals surface area (Å²) in [6, 6.07) is 15.9. The molecule has 7 nitrogen and oxygen atoms in total. The van der Waals surface area contributed by atoms with E-state index in [0.29, 0.717) is 26.8 Å². The van der Waals surface area contributed by atoms with Gasteiger partial charge in [0.1, 0.15) is 5.82 Å². The summed E-state index contributed by atoms with van der Waals surface area (Å²) in [5, 5.41) is 16.6. The molecule has 0 fully saturated rings. The Balaban J connectivity index is 1.29. The molecular weight excluding hydrogens is 470 g/mol. The lowest BCUT2D eigenvalue weighted by atomic mass is 10.1. The number of anilines is 2. The van der Waals surface area contributed by atoms with Crippen LogP contribution in [0, 0.1) is 0 Å². The maximum Gasteiger partial charge on any atom is 0.265 e. The van der Waals surface area contributed by atoms with Crippen molar-refractivity contribution in [3.8, 4) is 11.4 Å². The molecule has 0 unspecified atom stereocenters. The van der Waals surface area contributed by atoms with Gasteiger partial charge in [-0.2, -0.15) is 0 Å². The van der Waals surface area contributed by atoms with E-state index in [1.165, 1.54) is 17.8 Å². The van der Waals surface area contributed by atoms with Crippen LogP contribution in [0.2, 0.25) is 5.02 Å². The highest BCUT2D eigenvalue weighted by Gasteiger charge is 2.17. The number of aromatic nitrogens is 3. The molecule has 1 aliphatic heterocycles. The number of halogens is 1. The van der Waals surface area contributed by atoms with Crippen LogP contribution in [0.15, 0.2) is 60.0 Å². The monoisotopic (exact) mass is 491 g/mol. The summed E-state index contributed by atoms with van der Waals surface area (Å²) in [5.41, 5.74) is 2.39. The molecule has 0 saturated carbocycles. The van der Waals surface area contributed by atoms with Crippen LogP contribution in [-0.4, -0.2) is 26.6 Å². The van der Waals surface area contributed by atoms with Gasteiger partial charge < -0.3 is 15.2 Å². The van der Waals surface area contributed by atoms with Crippen LogP contribution in [0.3, 0.4) is 0 Å². The van der Waals surface area contributed by atoms with E-state index in [9.17, 15) is 9.59 Å². The van der Waals surface area contributed by atoms with Crippen molar-refractivity contribution in [2.24, 2.45) is 0 Å². The fraction of sp³-hybridized carbons (Fsp3) is 0.200. The summed E-state index contributed by atoms with van der Waals surface area (Å²) in [6.07, 6.45) is 4.44. The van der Waals surface area contributed by atoms with E-state index < -0.39 is 0 Å². The van der Waals surface area contributed by atoms with E-state index in [-0.39, 0.29) is 11.8 Å². The molecule has 5 rings (SSSR count). The Morgan fingerprint density at radius 2 is 1.79 bits per heavy atom. The van der Waals surface area contributed by atoms with E-state index >= 15 is 0 Å². The van der Waals surface area contributed by atoms with Gasteiger partial charge >= 0.3 is 0 Å². The van der Waals surface area contributed by atoms with Crippen molar-refractivity contribution in [1.82, 2.24) is 14.8 Å². The number of thiophene rings is 1. The standard InChI is InChI=1S/C25H22ClN5O2S/c26-19-12-9-17(15-20(19)28-25(33)21-5-4-14-34-21)24(32)27-18-10-7-16(8-11-18)23-30-29-22-6-2-1-3-13-31(22)23/h4-5,7-12,14-15H,1-3,6,13H2,(H,27,32)(H,28,33). The Bertz CT molecular complexity index is 1330. The summed E-state index contributed by atoms with van der Waals surface area (Å²) < 4.78 is 2.19. The molecule has 172 valence electrons. The first-order chi connectivity index (χ1) is 16.6. The molecule has 0 spiro atoms. The molecular formula is C25H22ClN5O2S. The molecule has 0 bridgehead atoms. The minimum Gasteiger partial charge on any atom is -0.322 e. The largest absolute Gasteiger partial charge is 0.322 e. The van der Waals surface area contributed by atoms with E-state index in [4.69, 9.17) is 11.6 Å². The van der Waals surface area contributed by atoms with Gasteiger partial charge in [-0.05, 0) is 66.8 Å². The Morgan fingerprint density at radius 1 is 0.941 bits per heavy atom. The van der Waals surface area contributed by atoms with E-state index in [0.717, 1.165) is 43.0 Å². The van der Waals surface area contributed by atoms with Crippen LogP contribution in [0.4, 0.5) is 11.4 Å². The first-order valence-corrected chi connectivity index (χ1v) is 12.3. The van der Waals surface area contributed by atoms with E-state index in [1.54, 1.807) is 30.3 Å². The third kappa shape index (κ3) is 4.73. The second kappa shape index (κ2) is 9.79. The fourth-order valence-corrected chi connectivity index (χ4v) is 4.74. The van der Waals surface area contributed by atoms with Gasteiger partial charge in [0.2, 0.25) is 0 Å². The second-order valence-electron chi connectivity index (χ2n) is 8.06. The van der Waals surface area contributed by atoms with Gasteiger partial charge in [0.25, 0.3) is 11.8 Å². The average Bonchev–Trinajstić information content (AvgIpc) is 3.47. The molecule has 2 amide bonds. The van der Waals surface area contributed by atoms with E-state index in [1.807, 2.05) is 29.6 Å². The molecule has 2 N–H and O–H groups in total. The smallest absolute Gasteiger partial charge is 0.265 e. The zero-order valence-corrected chi connectivity index (χ0v) is 19.8. The van der Waals surface area contributed by atoms with Crippen molar-refractivity contribution in [3.05, 3.63) is 81.3 Å². The highest BCUT2D eigenvalue weighted by atomic mass is 35.5. The maximum atomic E-state index is 12.8. The topological polar surface area (TPSA) is 88.9 Å². The van der Waals surface area contributed by atoms with Gasteiger partial charge in [0.15, 0.2) is 5.82 Å². The van der Waals surface area contributed by atoms with Crippen LogP contribution in [0.1, 0.15) is 45.1 Å². The number of hydrogen-bond acceptors (Lipinski definition) is 5. The van der Waals surface area contributed by atoms with Crippen LogP contribution >= 0.6 is 22.9 Å². The Kier molecular flexibility index (Phi) is 6.42. The molecule has 0 saturated heterocycles. The lowest BCUT2D eigenvalue weighted by Crippen LogP contribution is -2.14. The summed E-state index contributed by atoms with van der Waals surface area (Å²) in [5.74, 6) is 1.33. The van der Waals surface area contributed by atoms with Crippen LogP contribution in [-0.2, 0) is 13.0 Å². The summed E-state index contributed by atoms with van der Waals surface area (Å²) >= 11 is 7.57. The zero-order chi connectivity index (χ0) is 23.5. The fourth-order valence-electron chi connectivity index (χ4n) is 3.96. The first-order valence-electron chi connectivity index (χ1n) is 11.1. The Hall–Kier alpha value is -3.49. The number of benzene rings is 2. The molecule has 3 heterocycles. The number of amides is 2. The van der Waals surface area contributed by atoms with Crippen molar-refractivity contribution in [3.63, 3.8) is 0 Å². The Labute approximate surface area is 205 Å². The third-order valence-corrected chi connectivity index (χ3v) is 6.93. The number of rotatable bonds is 5. The zero-order valence-electron chi connectivity index (χ0n) is 18.3. The number of aryl methyl sites for hydroxylation is 1. The lowest BCUT2D eigenvalue weighted by molar-refractivity contribution is 0.101. The van der Waals surface area contributed by atoms with Crippen molar-refractivity contribution >= 4 is 46.1 Å². The van der Waals surface area contributed by atoms with Crippen LogP contribution in [0.5, 0.6) is 0 Å². The Morgan fingerprint density at radius 3 is 2.59 bits per heavy atom. The minimum atomic E-state index is -0.299. The molecule has 0 atom stereocenters. The van der Waals surface area contributed by atoms with Gasteiger partial charge in [-0.15, -0.1) is 21.5 Å². The predicted octanol–water partition coefficient (Wildman–Crippen LogP) is 5.89. The number of nitrogens with zero attached hydrogens (tertiary/aromatic N) is 3. The second-order valence-corrected chi connectivity index (χ2v) is 9.41. The van der Waals surface area contributed by atoms with E-state index in [2.05, 4.69) is 25.4 Å². The summed E-state index contributed by atoms with van der Waals surface area (Å²) in [4.78, 5) is 25.8. The number of carbonyl (C=O) groups excluding carboxylic acids is 2.